The van der Waals surface area contributed by atoms with E-state index >= 15 is 0 Å². The van der Waals surface area contributed by atoms with Crippen molar-refractivity contribution >= 4 is 11.5 Å². The summed E-state index contributed by atoms with van der Waals surface area (Å²) in [5, 5.41) is 0. The SMILES string of the molecule is C.C=C(C)C(=O)OCC(C)C.C=C(C)c1ccccc1.CC. The molecule has 0 saturated heterocycles. The van der Waals surface area contributed by atoms with Crippen molar-refractivity contribution in [3.8, 4) is 0 Å². The maximum atomic E-state index is 10.7. The minimum atomic E-state index is -0.297. The minimum Gasteiger partial charge on any atom is -0.462 e. The van der Waals surface area contributed by atoms with Gasteiger partial charge in [0.25, 0.3) is 0 Å². The Balaban J connectivity index is -0.000000284. The average molecular weight is 306 g/mol. The molecule has 0 aromatic heterocycles. The van der Waals surface area contributed by atoms with Gasteiger partial charge in [-0.05, 0) is 25.3 Å². The van der Waals surface area contributed by atoms with Gasteiger partial charge in [0.2, 0.25) is 0 Å². The van der Waals surface area contributed by atoms with Gasteiger partial charge in [0.1, 0.15) is 0 Å². The maximum Gasteiger partial charge on any atom is 0.333 e. The topological polar surface area (TPSA) is 26.3 Å². The summed E-state index contributed by atoms with van der Waals surface area (Å²) in [7, 11) is 0. The van der Waals surface area contributed by atoms with Crippen LogP contribution >= 0.6 is 0 Å². The second kappa shape index (κ2) is 15.6. The minimum absolute atomic E-state index is 0. The first kappa shape index (κ1) is 25.1. The lowest BCUT2D eigenvalue weighted by Crippen LogP contribution is -2.09. The molecule has 0 aliphatic carbocycles. The first-order chi connectivity index (χ1) is 9.84. The van der Waals surface area contributed by atoms with Gasteiger partial charge in [-0.3, -0.25) is 0 Å². The van der Waals surface area contributed by atoms with Crippen LogP contribution in [0.15, 0.2) is 49.1 Å². The summed E-state index contributed by atoms with van der Waals surface area (Å²) in [5.41, 5.74) is 2.80. The first-order valence-corrected chi connectivity index (χ1v) is 7.38. The summed E-state index contributed by atoms with van der Waals surface area (Å²) in [6.07, 6.45) is 0. The molecule has 0 amide bonds. The molecule has 0 saturated carbocycles. The zero-order valence-corrected chi connectivity index (χ0v) is 14.4. The molecule has 0 unspecified atom stereocenters. The molecule has 0 aliphatic rings. The highest BCUT2D eigenvalue weighted by atomic mass is 16.5. The molecule has 0 aliphatic heterocycles. The standard InChI is InChI=1S/C9H10.C8H14O2.C2H6.CH4/c1-8(2)9-6-4-3-5-7-9;1-6(2)5-10-8(9)7(3)4;1-2;/h3-7H,1H2,2H3;6H,3,5H2,1-2,4H3;1-2H3;1H4. The second-order valence-corrected chi connectivity index (χ2v) is 4.92. The number of rotatable bonds is 4. The summed E-state index contributed by atoms with van der Waals surface area (Å²) in [5.74, 6) is 0.0944. The molecule has 0 atom stereocenters. The Kier molecular flexibility index (Phi) is 17.8. The Morgan fingerprint density at radius 1 is 1.09 bits per heavy atom. The fourth-order valence-corrected chi connectivity index (χ4v) is 1.09. The largest absolute Gasteiger partial charge is 0.462 e. The molecule has 0 spiro atoms. The fourth-order valence-electron chi connectivity index (χ4n) is 1.09. The van der Waals surface area contributed by atoms with Gasteiger partial charge in [0.15, 0.2) is 0 Å². The number of esters is 1. The highest BCUT2D eigenvalue weighted by Crippen LogP contribution is 2.08. The number of carbonyl (C=O) groups excluding carboxylic acids is 1. The zero-order chi connectivity index (χ0) is 16.8. The lowest BCUT2D eigenvalue weighted by Gasteiger charge is -2.05. The molecular weight excluding hydrogens is 272 g/mol. The normalized spacial score (nSPS) is 8.32. The summed E-state index contributed by atoms with van der Waals surface area (Å²) in [6.45, 7) is 19.4. The van der Waals surface area contributed by atoms with Crippen LogP contribution in [0, 0.1) is 5.92 Å². The van der Waals surface area contributed by atoms with Crippen LogP contribution in [0.1, 0.15) is 54.5 Å². The Morgan fingerprint density at radius 2 is 1.55 bits per heavy atom. The molecule has 0 fully saturated rings. The Bertz CT molecular complexity index is 417. The summed E-state index contributed by atoms with van der Waals surface area (Å²) >= 11 is 0. The molecule has 126 valence electrons. The van der Waals surface area contributed by atoms with E-state index in [4.69, 9.17) is 4.74 Å². The number of hydrogen-bond acceptors (Lipinski definition) is 2. The number of ether oxygens (including phenoxy) is 1. The maximum absolute atomic E-state index is 10.7. The van der Waals surface area contributed by atoms with E-state index in [1.165, 1.54) is 5.56 Å². The van der Waals surface area contributed by atoms with Crippen LogP contribution in [-0.4, -0.2) is 12.6 Å². The van der Waals surface area contributed by atoms with E-state index in [0.29, 0.717) is 18.1 Å². The highest BCUT2D eigenvalue weighted by Gasteiger charge is 2.03. The third kappa shape index (κ3) is 14.6. The highest BCUT2D eigenvalue weighted by molar-refractivity contribution is 5.86. The average Bonchev–Trinajstić information content (AvgIpc) is 2.48. The predicted molar refractivity (Wildman–Crippen MR) is 99.8 cm³/mol. The molecule has 0 heterocycles. The monoisotopic (exact) mass is 306 g/mol. The Morgan fingerprint density at radius 3 is 1.82 bits per heavy atom. The quantitative estimate of drug-likeness (QED) is 0.493. The zero-order valence-electron chi connectivity index (χ0n) is 14.4. The van der Waals surface area contributed by atoms with E-state index in [9.17, 15) is 4.79 Å². The van der Waals surface area contributed by atoms with E-state index in [-0.39, 0.29) is 13.4 Å². The van der Waals surface area contributed by atoms with Gasteiger partial charge in [-0.2, -0.15) is 0 Å². The lowest BCUT2D eigenvalue weighted by molar-refractivity contribution is -0.139. The lowest BCUT2D eigenvalue weighted by atomic mass is 10.1. The van der Waals surface area contributed by atoms with Crippen LogP contribution in [0.3, 0.4) is 0 Å². The van der Waals surface area contributed by atoms with Crippen LogP contribution in [0.25, 0.3) is 5.57 Å². The predicted octanol–water partition coefficient (Wildman–Crippen LogP) is 6.14. The van der Waals surface area contributed by atoms with Crippen LogP contribution in [0.5, 0.6) is 0 Å². The van der Waals surface area contributed by atoms with Crippen molar-refractivity contribution in [1.82, 2.24) is 0 Å². The molecule has 2 heteroatoms. The van der Waals surface area contributed by atoms with E-state index < -0.39 is 0 Å². The molecule has 1 aromatic carbocycles. The van der Waals surface area contributed by atoms with Gasteiger partial charge in [0.05, 0.1) is 6.61 Å². The van der Waals surface area contributed by atoms with Crippen molar-refractivity contribution in [3.05, 3.63) is 54.6 Å². The van der Waals surface area contributed by atoms with Gasteiger partial charge in [-0.15, -0.1) is 0 Å². The molecular formula is C20H34O2. The third-order valence-electron chi connectivity index (χ3n) is 2.16. The second-order valence-electron chi connectivity index (χ2n) is 4.92. The molecule has 0 N–H and O–H groups in total. The van der Waals surface area contributed by atoms with Crippen molar-refractivity contribution in [1.29, 1.82) is 0 Å². The van der Waals surface area contributed by atoms with Crippen LogP contribution in [0.2, 0.25) is 0 Å². The Hall–Kier alpha value is -1.83. The van der Waals surface area contributed by atoms with Gasteiger partial charge >= 0.3 is 5.97 Å². The Labute approximate surface area is 137 Å². The van der Waals surface area contributed by atoms with Gasteiger partial charge < -0.3 is 4.74 Å². The smallest absolute Gasteiger partial charge is 0.333 e. The van der Waals surface area contributed by atoms with Crippen molar-refractivity contribution in [3.63, 3.8) is 0 Å². The van der Waals surface area contributed by atoms with E-state index in [0.717, 1.165) is 5.57 Å². The van der Waals surface area contributed by atoms with E-state index in [2.05, 4.69) is 25.3 Å². The number of allylic oxidation sites excluding steroid dienone is 1. The van der Waals surface area contributed by atoms with Crippen molar-refractivity contribution in [2.24, 2.45) is 5.92 Å². The first-order valence-electron chi connectivity index (χ1n) is 7.38. The van der Waals surface area contributed by atoms with E-state index in [1.54, 1.807) is 6.92 Å². The van der Waals surface area contributed by atoms with Crippen LogP contribution < -0.4 is 0 Å². The number of carbonyl (C=O) groups is 1. The van der Waals surface area contributed by atoms with Crippen LogP contribution in [0.4, 0.5) is 0 Å². The van der Waals surface area contributed by atoms with Crippen molar-refractivity contribution in [2.75, 3.05) is 6.61 Å². The number of hydrogen-bond donors (Lipinski definition) is 0. The van der Waals surface area contributed by atoms with Crippen LogP contribution in [-0.2, 0) is 9.53 Å². The third-order valence-corrected chi connectivity index (χ3v) is 2.16. The fraction of sp³-hybridized carbons (Fsp3) is 0.450. The molecule has 0 radical (unpaired) electrons. The van der Waals surface area contributed by atoms with Gasteiger partial charge in [0, 0.05) is 5.57 Å². The summed E-state index contributed by atoms with van der Waals surface area (Å²) < 4.78 is 4.83. The molecule has 22 heavy (non-hydrogen) atoms. The molecule has 2 nitrogen and oxygen atoms in total. The molecule has 1 aromatic rings. The summed E-state index contributed by atoms with van der Waals surface area (Å²) in [6, 6.07) is 10.2. The van der Waals surface area contributed by atoms with Crippen molar-refractivity contribution in [2.45, 2.75) is 49.0 Å². The van der Waals surface area contributed by atoms with Crippen molar-refractivity contribution < 1.29 is 9.53 Å². The summed E-state index contributed by atoms with van der Waals surface area (Å²) in [4.78, 5) is 10.7. The molecule has 1 rings (SSSR count). The molecule has 0 bridgehead atoms. The van der Waals surface area contributed by atoms with E-state index in [1.807, 2.05) is 52.8 Å². The van der Waals surface area contributed by atoms with Gasteiger partial charge in [-0.25, -0.2) is 4.79 Å². The van der Waals surface area contributed by atoms with Gasteiger partial charge in [-0.1, -0.05) is 84.2 Å². The number of benzene rings is 1.